The zero-order valence-electron chi connectivity index (χ0n) is 7.66. The Balaban J connectivity index is 2.73. The van der Waals surface area contributed by atoms with E-state index in [2.05, 4.69) is 31.2 Å². The Labute approximate surface area is 71.6 Å². The number of hydrogen-bond acceptors (Lipinski definition) is 2. The maximum absolute atomic E-state index is 5.17. The van der Waals surface area contributed by atoms with Gasteiger partial charge in [-0.05, 0) is 24.8 Å². The summed E-state index contributed by atoms with van der Waals surface area (Å²) in [6.07, 6.45) is 4.39. The van der Waals surface area contributed by atoms with E-state index in [0.717, 1.165) is 11.1 Å². The zero-order chi connectivity index (χ0) is 8.72. The molecule has 2 rings (SSSR count). The van der Waals surface area contributed by atoms with Crippen LogP contribution in [0.25, 0.3) is 12.2 Å². The molecule has 0 N–H and O–H groups in total. The summed E-state index contributed by atoms with van der Waals surface area (Å²) in [6.45, 7) is 6.40. The molecule has 1 aromatic heterocycles. The van der Waals surface area contributed by atoms with Crippen LogP contribution >= 0.6 is 0 Å². The van der Waals surface area contributed by atoms with Crippen LogP contribution in [0, 0.1) is 18.8 Å². The van der Waals surface area contributed by atoms with Crippen LogP contribution in [-0.4, -0.2) is 5.16 Å². The molecule has 2 atom stereocenters. The second-order valence-corrected chi connectivity index (χ2v) is 3.60. The predicted molar refractivity (Wildman–Crippen MR) is 47.7 cm³/mol. The molecule has 0 aromatic carbocycles. The minimum absolute atomic E-state index is 0.560. The van der Waals surface area contributed by atoms with E-state index in [0.29, 0.717) is 11.8 Å². The van der Waals surface area contributed by atoms with Crippen molar-refractivity contribution in [2.75, 3.05) is 0 Å². The van der Waals surface area contributed by atoms with Gasteiger partial charge in [0.05, 0.1) is 5.69 Å². The van der Waals surface area contributed by atoms with Gasteiger partial charge in [-0.2, -0.15) is 0 Å². The molecule has 1 aromatic rings. The number of hydrogen-bond donors (Lipinski definition) is 0. The zero-order valence-corrected chi connectivity index (χ0v) is 7.66. The SMILES string of the molecule is Cc1noc2c1=CC(C)C(C)C=2. The van der Waals surface area contributed by atoms with Crippen LogP contribution in [0.3, 0.4) is 0 Å². The minimum Gasteiger partial charge on any atom is -0.356 e. The van der Waals surface area contributed by atoms with Gasteiger partial charge in [-0.3, -0.25) is 0 Å². The molecule has 2 heteroatoms. The summed E-state index contributed by atoms with van der Waals surface area (Å²) in [6, 6.07) is 0. The van der Waals surface area contributed by atoms with Gasteiger partial charge < -0.3 is 4.52 Å². The molecule has 0 amide bonds. The summed E-state index contributed by atoms with van der Waals surface area (Å²) in [4.78, 5) is 0. The molecule has 0 aliphatic heterocycles. The lowest BCUT2D eigenvalue weighted by molar-refractivity contribution is 0.385. The van der Waals surface area contributed by atoms with Crippen molar-refractivity contribution in [3.63, 3.8) is 0 Å². The maximum atomic E-state index is 5.17. The highest BCUT2D eigenvalue weighted by Crippen LogP contribution is 2.15. The number of aromatic nitrogens is 1. The lowest BCUT2D eigenvalue weighted by Gasteiger charge is -2.13. The lowest BCUT2D eigenvalue weighted by atomic mass is 9.91. The quantitative estimate of drug-likeness (QED) is 0.566. The van der Waals surface area contributed by atoms with Gasteiger partial charge in [0, 0.05) is 5.22 Å². The van der Waals surface area contributed by atoms with Crippen molar-refractivity contribution in [3.8, 4) is 0 Å². The molecular weight excluding hydrogens is 150 g/mol. The van der Waals surface area contributed by atoms with E-state index < -0.39 is 0 Å². The van der Waals surface area contributed by atoms with Crippen LogP contribution in [0.4, 0.5) is 0 Å². The molecule has 1 aliphatic carbocycles. The molecule has 64 valence electrons. The van der Waals surface area contributed by atoms with E-state index in [1.165, 1.54) is 5.22 Å². The van der Waals surface area contributed by atoms with Crippen LogP contribution in [0.1, 0.15) is 19.5 Å². The van der Waals surface area contributed by atoms with Crippen LogP contribution in [0.2, 0.25) is 0 Å². The first kappa shape index (κ1) is 7.59. The average Bonchev–Trinajstić information content (AvgIpc) is 2.35. The highest BCUT2D eigenvalue weighted by molar-refractivity contribution is 5.40. The average molecular weight is 163 g/mol. The Kier molecular flexibility index (Phi) is 1.56. The molecular formula is C10H13NO. The monoisotopic (exact) mass is 163 g/mol. The fourth-order valence-electron chi connectivity index (χ4n) is 1.52. The van der Waals surface area contributed by atoms with Crippen molar-refractivity contribution in [3.05, 3.63) is 16.3 Å². The Morgan fingerprint density at radius 2 is 1.92 bits per heavy atom. The normalized spacial score (nSPS) is 27.2. The van der Waals surface area contributed by atoms with Gasteiger partial charge in [-0.15, -0.1) is 0 Å². The molecule has 0 bridgehead atoms. The maximum Gasteiger partial charge on any atom is 0.163 e. The summed E-state index contributed by atoms with van der Waals surface area (Å²) >= 11 is 0. The van der Waals surface area contributed by atoms with E-state index in [4.69, 9.17) is 4.52 Å². The van der Waals surface area contributed by atoms with Gasteiger partial charge in [0.25, 0.3) is 0 Å². The lowest BCUT2D eigenvalue weighted by Crippen LogP contribution is -2.29. The van der Waals surface area contributed by atoms with Gasteiger partial charge in [0.1, 0.15) is 0 Å². The van der Waals surface area contributed by atoms with E-state index in [1.54, 1.807) is 0 Å². The highest BCUT2D eigenvalue weighted by atomic mass is 16.5. The van der Waals surface area contributed by atoms with Gasteiger partial charge in [0.15, 0.2) is 5.42 Å². The predicted octanol–water partition coefficient (Wildman–Crippen LogP) is 0.830. The molecule has 2 unspecified atom stereocenters. The Morgan fingerprint density at radius 3 is 2.67 bits per heavy atom. The molecule has 0 saturated carbocycles. The number of rotatable bonds is 0. The largest absolute Gasteiger partial charge is 0.356 e. The highest BCUT2D eigenvalue weighted by Gasteiger charge is 2.13. The summed E-state index contributed by atoms with van der Waals surface area (Å²) in [7, 11) is 0. The first-order valence-electron chi connectivity index (χ1n) is 4.34. The van der Waals surface area contributed by atoms with E-state index in [1.807, 2.05) is 6.92 Å². The molecule has 1 aliphatic rings. The van der Waals surface area contributed by atoms with Gasteiger partial charge in [0.2, 0.25) is 0 Å². The molecule has 0 saturated heterocycles. The second-order valence-electron chi connectivity index (χ2n) is 3.60. The van der Waals surface area contributed by atoms with Crippen molar-refractivity contribution < 1.29 is 4.52 Å². The van der Waals surface area contributed by atoms with Crippen molar-refractivity contribution in [1.29, 1.82) is 0 Å². The third kappa shape index (κ3) is 0.986. The van der Waals surface area contributed by atoms with Gasteiger partial charge >= 0.3 is 0 Å². The van der Waals surface area contributed by atoms with Crippen molar-refractivity contribution >= 4 is 12.2 Å². The Bertz CT molecular complexity index is 402. The summed E-state index contributed by atoms with van der Waals surface area (Å²) < 4.78 is 5.17. The Hall–Kier alpha value is -1.05. The van der Waals surface area contributed by atoms with Gasteiger partial charge in [-0.1, -0.05) is 25.1 Å². The fraction of sp³-hybridized carbons (Fsp3) is 0.500. The van der Waals surface area contributed by atoms with E-state index in [9.17, 15) is 0 Å². The molecule has 0 fully saturated rings. The molecule has 12 heavy (non-hydrogen) atoms. The molecule has 2 nitrogen and oxygen atoms in total. The second kappa shape index (κ2) is 2.47. The van der Waals surface area contributed by atoms with Crippen molar-refractivity contribution in [2.45, 2.75) is 20.8 Å². The van der Waals surface area contributed by atoms with Crippen molar-refractivity contribution in [2.24, 2.45) is 11.8 Å². The van der Waals surface area contributed by atoms with Crippen LogP contribution in [0.15, 0.2) is 4.52 Å². The van der Waals surface area contributed by atoms with Crippen molar-refractivity contribution in [1.82, 2.24) is 5.16 Å². The first-order chi connectivity index (χ1) is 5.68. The van der Waals surface area contributed by atoms with Crippen LogP contribution in [0.5, 0.6) is 0 Å². The summed E-state index contributed by atoms with van der Waals surface area (Å²) in [5.74, 6) is 1.15. The van der Waals surface area contributed by atoms with Gasteiger partial charge in [-0.25, -0.2) is 0 Å². The number of nitrogens with zero attached hydrogens (tertiary/aromatic N) is 1. The van der Waals surface area contributed by atoms with Crippen LogP contribution in [-0.2, 0) is 0 Å². The standard InChI is InChI=1S/C10H13NO/c1-6-4-9-8(3)11-12-10(9)5-7(6)2/h4-7H,1-3H3. The summed E-state index contributed by atoms with van der Waals surface area (Å²) in [5.41, 5.74) is 1.94. The molecule has 0 radical (unpaired) electrons. The third-order valence-corrected chi connectivity index (χ3v) is 2.61. The third-order valence-electron chi connectivity index (χ3n) is 2.61. The van der Waals surface area contributed by atoms with E-state index in [-0.39, 0.29) is 0 Å². The Morgan fingerprint density at radius 1 is 1.25 bits per heavy atom. The fourth-order valence-corrected chi connectivity index (χ4v) is 1.52. The first-order valence-corrected chi connectivity index (χ1v) is 4.34. The van der Waals surface area contributed by atoms with Crippen LogP contribution < -0.4 is 10.6 Å². The number of fused-ring (bicyclic) bond motifs is 1. The minimum atomic E-state index is 0.560. The molecule has 1 heterocycles. The topological polar surface area (TPSA) is 26.0 Å². The molecule has 0 spiro atoms. The smallest absolute Gasteiger partial charge is 0.163 e. The summed E-state index contributed by atoms with van der Waals surface area (Å²) in [5, 5.41) is 5.11. The number of aryl methyl sites for hydroxylation is 1. The van der Waals surface area contributed by atoms with E-state index >= 15 is 0 Å².